The lowest BCUT2D eigenvalue weighted by Crippen LogP contribution is -3.14. The zero-order valence-corrected chi connectivity index (χ0v) is 13.9. The number of aromatic nitrogens is 2. The lowest BCUT2D eigenvalue weighted by Gasteiger charge is -2.23. The zero-order valence-electron chi connectivity index (χ0n) is 13.1. The van der Waals surface area contributed by atoms with Crippen LogP contribution in [0.2, 0.25) is 0 Å². The number of nitrogens with zero attached hydrogens (tertiary/aromatic N) is 2. The summed E-state index contributed by atoms with van der Waals surface area (Å²) in [7, 11) is 0. The van der Waals surface area contributed by atoms with E-state index in [0.29, 0.717) is 0 Å². The first-order chi connectivity index (χ1) is 10.8. The number of morpholine rings is 1. The lowest BCUT2D eigenvalue weighted by molar-refractivity contribution is -0.906. The first kappa shape index (κ1) is 14.4. The largest absolute Gasteiger partial charge is 0.370 e. The number of quaternary nitrogens is 1. The van der Waals surface area contributed by atoms with Crippen LogP contribution in [0.1, 0.15) is 22.7 Å². The monoisotopic (exact) mass is 319 g/mol. The van der Waals surface area contributed by atoms with E-state index >= 15 is 0 Å². The molecule has 118 valence electrons. The molecule has 2 aromatic heterocycles. The quantitative estimate of drug-likeness (QED) is 0.876. The van der Waals surface area contributed by atoms with E-state index in [2.05, 4.69) is 15.3 Å². The molecular formula is C16H23N4OS+. The molecule has 22 heavy (non-hydrogen) atoms. The van der Waals surface area contributed by atoms with Crippen LogP contribution < -0.4 is 10.2 Å². The van der Waals surface area contributed by atoms with Crippen molar-refractivity contribution >= 4 is 27.4 Å². The van der Waals surface area contributed by atoms with E-state index in [-0.39, 0.29) is 0 Å². The zero-order chi connectivity index (χ0) is 14.9. The summed E-state index contributed by atoms with van der Waals surface area (Å²) in [5.74, 6) is 1.92. The highest BCUT2D eigenvalue weighted by atomic mass is 32.1. The van der Waals surface area contributed by atoms with Crippen molar-refractivity contribution < 1.29 is 9.64 Å². The van der Waals surface area contributed by atoms with Gasteiger partial charge in [-0.15, -0.1) is 11.3 Å². The highest BCUT2D eigenvalue weighted by Gasteiger charge is 2.22. The molecule has 1 saturated heterocycles. The van der Waals surface area contributed by atoms with Gasteiger partial charge in [0.05, 0.1) is 31.7 Å². The van der Waals surface area contributed by atoms with E-state index in [0.717, 1.165) is 51.0 Å². The predicted molar refractivity (Wildman–Crippen MR) is 89.0 cm³/mol. The maximum absolute atomic E-state index is 5.42. The fourth-order valence-electron chi connectivity index (χ4n) is 3.50. The molecule has 1 fully saturated rings. The van der Waals surface area contributed by atoms with Gasteiger partial charge in [0.15, 0.2) is 0 Å². The van der Waals surface area contributed by atoms with E-state index < -0.39 is 0 Å². The molecule has 1 aliphatic carbocycles. The molecule has 0 spiro atoms. The SMILES string of the molecule is Cc1nc(NCC[NH+]2CCOCC2)c2c3c(sc2n1)CCC3. The van der Waals surface area contributed by atoms with Gasteiger partial charge >= 0.3 is 0 Å². The Morgan fingerprint density at radius 3 is 2.95 bits per heavy atom. The fraction of sp³-hybridized carbons (Fsp3) is 0.625. The number of hydrogen-bond acceptors (Lipinski definition) is 5. The molecule has 0 amide bonds. The molecule has 3 heterocycles. The molecule has 2 aromatic rings. The minimum Gasteiger partial charge on any atom is -0.370 e. The molecule has 2 N–H and O–H groups in total. The molecule has 0 aromatic carbocycles. The van der Waals surface area contributed by atoms with Gasteiger partial charge in [0.25, 0.3) is 0 Å². The second kappa shape index (κ2) is 6.10. The van der Waals surface area contributed by atoms with Crippen molar-refractivity contribution in [1.82, 2.24) is 9.97 Å². The number of hydrogen-bond donors (Lipinski definition) is 2. The topological polar surface area (TPSA) is 51.5 Å². The van der Waals surface area contributed by atoms with E-state index in [4.69, 9.17) is 4.74 Å². The van der Waals surface area contributed by atoms with Gasteiger partial charge in [-0.2, -0.15) is 0 Å². The van der Waals surface area contributed by atoms with Gasteiger partial charge in [-0.05, 0) is 31.7 Å². The minimum atomic E-state index is 0.869. The third-order valence-electron chi connectivity index (χ3n) is 4.65. The Morgan fingerprint density at radius 1 is 1.23 bits per heavy atom. The molecule has 6 heteroatoms. The summed E-state index contributed by atoms with van der Waals surface area (Å²) in [6, 6.07) is 0. The third-order valence-corrected chi connectivity index (χ3v) is 5.83. The van der Waals surface area contributed by atoms with Crippen molar-refractivity contribution in [2.75, 3.05) is 44.7 Å². The van der Waals surface area contributed by atoms with Crippen LogP contribution in [0.4, 0.5) is 5.82 Å². The van der Waals surface area contributed by atoms with Gasteiger partial charge in [0, 0.05) is 4.88 Å². The summed E-state index contributed by atoms with van der Waals surface area (Å²) < 4.78 is 5.42. The van der Waals surface area contributed by atoms with Crippen molar-refractivity contribution in [3.63, 3.8) is 0 Å². The fourth-order valence-corrected chi connectivity index (χ4v) is 4.80. The average Bonchev–Trinajstić information content (AvgIpc) is 3.08. The first-order valence-electron chi connectivity index (χ1n) is 8.25. The second-order valence-corrected chi connectivity index (χ2v) is 7.28. The Balaban J connectivity index is 1.53. The maximum Gasteiger partial charge on any atom is 0.139 e. The standard InChI is InChI=1S/C16H22N4OS/c1-11-18-15(17-5-6-20-7-9-21-10-8-20)14-12-3-2-4-13(12)22-16(14)19-11/h2-10H2,1H3,(H,17,18,19)/p+1. The Labute approximate surface area is 134 Å². The molecule has 1 aliphatic heterocycles. The molecule has 2 aliphatic rings. The molecule has 5 nitrogen and oxygen atoms in total. The van der Waals surface area contributed by atoms with E-state index in [1.54, 1.807) is 4.90 Å². The van der Waals surface area contributed by atoms with Gasteiger partial charge < -0.3 is 15.0 Å². The molecule has 0 bridgehead atoms. The highest BCUT2D eigenvalue weighted by Crippen LogP contribution is 2.39. The number of fused-ring (bicyclic) bond motifs is 3. The summed E-state index contributed by atoms with van der Waals surface area (Å²) in [5.41, 5.74) is 1.50. The van der Waals surface area contributed by atoms with Crippen LogP contribution in [0, 0.1) is 6.92 Å². The molecule has 0 unspecified atom stereocenters. The second-order valence-electron chi connectivity index (χ2n) is 6.20. The van der Waals surface area contributed by atoms with E-state index in [9.17, 15) is 0 Å². The van der Waals surface area contributed by atoms with Crippen LogP contribution in [0.15, 0.2) is 0 Å². The van der Waals surface area contributed by atoms with Crippen LogP contribution in [0.25, 0.3) is 10.2 Å². The summed E-state index contributed by atoms with van der Waals surface area (Å²) in [6.07, 6.45) is 3.68. The average molecular weight is 319 g/mol. The summed E-state index contributed by atoms with van der Waals surface area (Å²) in [4.78, 5) is 13.6. The summed E-state index contributed by atoms with van der Waals surface area (Å²) >= 11 is 1.86. The van der Waals surface area contributed by atoms with Crippen LogP contribution in [0.5, 0.6) is 0 Å². The van der Waals surface area contributed by atoms with Crippen molar-refractivity contribution in [1.29, 1.82) is 0 Å². The number of nitrogens with one attached hydrogen (secondary N) is 2. The van der Waals surface area contributed by atoms with Gasteiger partial charge in [0.2, 0.25) is 0 Å². The van der Waals surface area contributed by atoms with E-state index in [1.165, 1.54) is 39.9 Å². The summed E-state index contributed by atoms with van der Waals surface area (Å²) in [5, 5.41) is 4.88. The maximum atomic E-state index is 5.42. The van der Waals surface area contributed by atoms with Crippen LogP contribution in [-0.4, -0.2) is 49.4 Å². The third kappa shape index (κ3) is 2.71. The van der Waals surface area contributed by atoms with Crippen molar-refractivity contribution in [2.24, 2.45) is 0 Å². The van der Waals surface area contributed by atoms with Gasteiger partial charge in [-0.3, -0.25) is 0 Å². The molecular weight excluding hydrogens is 296 g/mol. The summed E-state index contributed by atoms with van der Waals surface area (Å²) in [6.45, 7) is 8.10. The Bertz CT molecular complexity index is 678. The van der Waals surface area contributed by atoms with Crippen molar-refractivity contribution in [3.8, 4) is 0 Å². The number of rotatable bonds is 4. The van der Waals surface area contributed by atoms with Gasteiger partial charge in [0.1, 0.15) is 29.6 Å². The number of thiophene rings is 1. The molecule has 4 rings (SSSR count). The Morgan fingerprint density at radius 2 is 2.09 bits per heavy atom. The highest BCUT2D eigenvalue weighted by molar-refractivity contribution is 7.19. The van der Waals surface area contributed by atoms with Crippen LogP contribution in [-0.2, 0) is 17.6 Å². The van der Waals surface area contributed by atoms with Gasteiger partial charge in [-0.1, -0.05) is 0 Å². The molecule has 0 radical (unpaired) electrons. The van der Waals surface area contributed by atoms with Crippen molar-refractivity contribution in [2.45, 2.75) is 26.2 Å². The predicted octanol–water partition coefficient (Wildman–Crippen LogP) is 0.815. The van der Waals surface area contributed by atoms with Crippen molar-refractivity contribution in [3.05, 3.63) is 16.3 Å². The number of aryl methyl sites for hydroxylation is 3. The van der Waals surface area contributed by atoms with Gasteiger partial charge in [-0.25, -0.2) is 9.97 Å². The minimum absolute atomic E-state index is 0.869. The molecule has 0 saturated carbocycles. The number of ether oxygens (including phenoxy) is 1. The normalized spacial score (nSPS) is 18.8. The first-order valence-corrected chi connectivity index (χ1v) is 9.07. The van der Waals surface area contributed by atoms with E-state index in [1.807, 2.05) is 18.3 Å². The smallest absolute Gasteiger partial charge is 0.139 e. The Kier molecular flexibility index (Phi) is 3.98. The number of anilines is 1. The Hall–Kier alpha value is -1.24. The van der Waals surface area contributed by atoms with Crippen LogP contribution in [0.3, 0.4) is 0 Å². The van der Waals surface area contributed by atoms with Crippen LogP contribution >= 0.6 is 11.3 Å². The molecule has 0 atom stereocenters. The lowest BCUT2D eigenvalue weighted by atomic mass is 10.2.